The summed E-state index contributed by atoms with van der Waals surface area (Å²) < 4.78 is 4.85. The Labute approximate surface area is 313 Å². The number of amides is 2. The third kappa shape index (κ3) is 13.1. The first-order valence-corrected chi connectivity index (χ1v) is 18.2. The van der Waals surface area contributed by atoms with Crippen LogP contribution in [0, 0.1) is 22.9 Å². The van der Waals surface area contributed by atoms with Crippen molar-refractivity contribution in [3.8, 4) is 12.4 Å². The van der Waals surface area contributed by atoms with Crippen molar-refractivity contribution in [2.75, 3.05) is 33.8 Å². The number of nitrogens with one attached hydrogen (secondary N) is 6. The fourth-order valence-electron chi connectivity index (χ4n) is 7.12. The highest BCUT2D eigenvalue weighted by Gasteiger charge is 2.38. The summed E-state index contributed by atoms with van der Waals surface area (Å²) in [7, 11) is 3.28. The highest BCUT2D eigenvalue weighted by Crippen LogP contribution is 2.40. The van der Waals surface area contributed by atoms with Crippen LogP contribution in [0.2, 0.25) is 0 Å². The summed E-state index contributed by atoms with van der Waals surface area (Å²) in [5.74, 6) is 0.147. The normalized spacial score (nSPS) is 22.6. The Hall–Kier alpha value is -5.63. The van der Waals surface area contributed by atoms with Gasteiger partial charge >= 0.3 is 5.97 Å². The molecule has 53 heavy (non-hydrogen) atoms. The molecule has 14 nitrogen and oxygen atoms in total. The van der Waals surface area contributed by atoms with Crippen LogP contribution in [0.3, 0.4) is 0 Å². The molecule has 0 spiro atoms. The average Bonchev–Trinajstić information content (AvgIpc) is 3.18. The Kier molecular flexibility index (Phi) is 17.1. The van der Waals surface area contributed by atoms with Crippen LogP contribution < -0.4 is 31.9 Å². The predicted molar refractivity (Wildman–Crippen MR) is 204 cm³/mol. The molecule has 6 N–H and O–H groups in total. The van der Waals surface area contributed by atoms with Gasteiger partial charge in [0.25, 0.3) is 0 Å². The molecule has 284 valence electrons. The lowest BCUT2D eigenvalue weighted by Gasteiger charge is -2.41. The highest BCUT2D eigenvalue weighted by molar-refractivity contribution is 5.94. The van der Waals surface area contributed by atoms with Crippen LogP contribution in [0.1, 0.15) is 82.8 Å². The monoisotopic (exact) mass is 726 g/mol. The maximum absolute atomic E-state index is 12.2. The summed E-state index contributed by atoms with van der Waals surface area (Å²) in [5, 5.41) is 35.1. The second kappa shape index (κ2) is 21.7. The lowest BCUT2D eigenvalue weighted by Crippen LogP contribution is -2.49. The smallest absolute Gasteiger partial charge is 0.315 e. The molecule has 2 aromatic rings. The van der Waals surface area contributed by atoms with Gasteiger partial charge in [0, 0.05) is 57.0 Å². The third-order valence-electron chi connectivity index (χ3n) is 10.0. The van der Waals surface area contributed by atoms with Crippen molar-refractivity contribution in [1.82, 2.24) is 31.9 Å². The molecule has 0 heterocycles. The van der Waals surface area contributed by atoms with Gasteiger partial charge in [-0.1, -0.05) is 60.7 Å². The Morgan fingerprint density at radius 1 is 0.736 bits per heavy atom. The van der Waals surface area contributed by atoms with Crippen LogP contribution in [-0.4, -0.2) is 75.6 Å². The summed E-state index contributed by atoms with van der Waals surface area (Å²) in [5.41, 5.74) is 2.22. The van der Waals surface area contributed by atoms with E-state index in [4.69, 9.17) is 15.3 Å². The van der Waals surface area contributed by atoms with Crippen molar-refractivity contribution >= 4 is 29.7 Å². The highest BCUT2D eigenvalue weighted by atomic mass is 16.5. The van der Waals surface area contributed by atoms with Crippen molar-refractivity contribution < 1.29 is 19.1 Å². The SMILES string of the molecule is CCOC(=O)CC(=O)NCC1(c2ccccc2)CCC(NC(=NC)NC#N)CC1.CN=C(NC#N)NC1CCC(CNC(C)=O)(c2ccccc2)CC1. The molecule has 2 fully saturated rings. The number of aliphatic imine (C=N–C) groups is 2. The van der Waals surface area contributed by atoms with Gasteiger partial charge in [-0.25, -0.2) is 0 Å². The van der Waals surface area contributed by atoms with Gasteiger partial charge in [0.2, 0.25) is 23.7 Å². The molecule has 0 radical (unpaired) electrons. The third-order valence-corrected chi connectivity index (χ3v) is 10.0. The maximum atomic E-state index is 12.2. The van der Waals surface area contributed by atoms with Gasteiger partial charge in [0.1, 0.15) is 6.42 Å². The molecule has 0 aromatic heterocycles. The molecular weight excluding hydrogens is 672 g/mol. The van der Waals surface area contributed by atoms with Crippen LogP contribution in [0.15, 0.2) is 70.6 Å². The first-order valence-electron chi connectivity index (χ1n) is 18.2. The Morgan fingerprint density at radius 2 is 1.15 bits per heavy atom. The molecule has 0 bridgehead atoms. The number of ether oxygens (including phenoxy) is 1. The summed E-state index contributed by atoms with van der Waals surface area (Å²) in [6.07, 6.45) is 10.8. The van der Waals surface area contributed by atoms with Crippen molar-refractivity contribution in [3.05, 3.63) is 71.8 Å². The minimum atomic E-state index is -0.511. The number of rotatable bonds is 11. The first-order chi connectivity index (χ1) is 25.6. The number of esters is 1. The van der Waals surface area contributed by atoms with Gasteiger partial charge in [-0.3, -0.25) is 35.0 Å². The number of hydrogen-bond acceptors (Lipinski definition) is 8. The number of nitrogens with zero attached hydrogens (tertiary/aromatic N) is 4. The minimum Gasteiger partial charge on any atom is -0.466 e. The zero-order chi connectivity index (χ0) is 38.5. The van der Waals surface area contributed by atoms with E-state index in [0.717, 1.165) is 51.4 Å². The molecule has 2 aromatic carbocycles. The predicted octanol–water partition coefficient (Wildman–Crippen LogP) is 3.23. The van der Waals surface area contributed by atoms with Crippen LogP contribution in [0.5, 0.6) is 0 Å². The van der Waals surface area contributed by atoms with Crippen LogP contribution >= 0.6 is 0 Å². The van der Waals surface area contributed by atoms with E-state index in [0.29, 0.717) is 25.0 Å². The average molecular weight is 727 g/mol. The number of carbonyl (C=O) groups excluding carboxylic acids is 3. The largest absolute Gasteiger partial charge is 0.466 e. The molecule has 0 aliphatic heterocycles. The molecule has 4 rings (SSSR count). The fraction of sp³-hybridized carbons (Fsp3) is 0.513. The van der Waals surface area contributed by atoms with Gasteiger partial charge in [-0.2, -0.15) is 10.5 Å². The molecule has 2 saturated carbocycles. The van der Waals surface area contributed by atoms with E-state index < -0.39 is 5.97 Å². The number of guanidine groups is 2. The number of benzene rings is 2. The second-order valence-corrected chi connectivity index (χ2v) is 13.4. The van der Waals surface area contributed by atoms with E-state index in [2.05, 4.69) is 66.2 Å². The van der Waals surface area contributed by atoms with Crippen molar-refractivity contribution in [2.24, 2.45) is 9.98 Å². The molecular formula is C39H54N10O4. The van der Waals surface area contributed by atoms with Gasteiger partial charge < -0.3 is 26.0 Å². The number of nitriles is 2. The van der Waals surface area contributed by atoms with Crippen LogP contribution in [0.4, 0.5) is 0 Å². The van der Waals surface area contributed by atoms with E-state index in [9.17, 15) is 14.4 Å². The topological polar surface area (TPSA) is 205 Å². The molecule has 2 aliphatic carbocycles. The maximum Gasteiger partial charge on any atom is 0.315 e. The Morgan fingerprint density at radius 3 is 1.51 bits per heavy atom. The van der Waals surface area contributed by atoms with E-state index in [1.807, 2.05) is 48.8 Å². The molecule has 0 unspecified atom stereocenters. The fourth-order valence-corrected chi connectivity index (χ4v) is 7.12. The molecule has 0 atom stereocenters. The van der Waals surface area contributed by atoms with Gasteiger partial charge in [-0.15, -0.1) is 0 Å². The summed E-state index contributed by atoms with van der Waals surface area (Å²) >= 11 is 0. The zero-order valence-corrected chi connectivity index (χ0v) is 31.3. The summed E-state index contributed by atoms with van der Waals surface area (Å²) in [4.78, 5) is 43.2. The van der Waals surface area contributed by atoms with Crippen LogP contribution in [0.25, 0.3) is 0 Å². The van der Waals surface area contributed by atoms with Crippen molar-refractivity contribution in [1.29, 1.82) is 10.5 Å². The van der Waals surface area contributed by atoms with Gasteiger partial charge in [0.15, 0.2) is 12.4 Å². The summed E-state index contributed by atoms with van der Waals surface area (Å²) in [6.45, 7) is 4.66. The van der Waals surface area contributed by atoms with Crippen molar-refractivity contribution in [2.45, 2.75) is 94.5 Å². The first kappa shape index (κ1) is 41.8. The summed E-state index contributed by atoms with van der Waals surface area (Å²) in [6, 6.07) is 21.0. The zero-order valence-electron chi connectivity index (χ0n) is 31.3. The Balaban J connectivity index is 0.000000290. The quantitative estimate of drug-likeness (QED) is 0.0498. The van der Waals surface area contributed by atoms with Crippen molar-refractivity contribution in [3.63, 3.8) is 0 Å². The standard InChI is InChI=1S/C21H29N5O3.C18H25N5O/c1-3-29-19(28)13-18(27)24-14-21(16-7-5-4-6-8-16)11-9-17(10-12-21)26-20(23-2)25-15-22;1-14(24)21-12-18(15-6-4-3-5-7-15)10-8-16(9-11-18)23-17(20-2)22-13-19/h4-8,17H,3,9-14H2,1-2H3,(H,24,27)(H2,23,25,26);3-7,16H,8-12H2,1-2H3,(H,21,24)(H2,20,22,23). The molecule has 0 saturated heterocycles. The van der Waals surface area contributed by atoms with Gasteiger partial charge in [0.05, 0.1) is 6.61 Å². The molecule has 14 heteroatoms. The number of hydrogen-bond donors (Lipinski definition) is 6. The lowest BCUT2D eigenvalue weighted by molar-refractivity contribution is -0.146. The van der Waals surface area contributed by atoms with E-state index >= 15 is 0 Å². The van der Waals surface area contributed by atoms with Gasteiger partial charge in [-0.05, 0) is 69.4 Å². The molecule has 2 aliphatic rings. The Bertz CT molecular complexity index is 1600. The van der Waals surface area contributed by atoms with E-state index in [1.54, 1.807) is 27.9 Å². The molecule has 2 amide bonds. The minimum absolute atomic E-state index is 0.00387. The van der Waals surface area contributed by atoms with Crippen LogP contribution in [-0.2, 0) is 30.0 Å². The number of carbonyl (C=O) groups is 3. The van der Waals surface area contributed by atoms with E-state index in [1.165, 1.54) is 11.1 Å². The second-order valence-electron chi connectivity index (χ2n) is 13.4. The lowest BCUT2D eigenvalue weighted by atomic mass is 9.68. The van der Waals surface area contributed by atoms with E-state index in [-0.39, 0.29) is 47.8 Å².